The molecule has 1 aromatic rings. The van der Waals surface area contributed by atoms with Crippen molar-refractivity contribution in [3.63, 3.8) is 0 Å². The third-order valence-electron chi connectivity index (χ3n) is 4.51. The second-order valence-corrected chi connectivity index (χ2v) is 8.03. The average molecular weight is 418 g/mol. The number of rotatable bonds is 4. The largest absolute Gasteiger partial charge is 0.490 e. The van der Waals surface area contributed by atoms with E-state index >= 15 is 0 Å². The summed E-state index contributed by atoms with van der Waals surface area (Å²) in [5.74, 6) is 2.68. The van der Waals surface area contributed by atoms with Gasteiger partial charge in [-0.2, -0.15) is 0 Å². The molecule has 1 unspecified atom stereocenters. The summed E-state index contributed by atoms with van der Waals surface area (Å²) in [7, 11) is 0. The summed E-state index contributed by atoms with van der Waals surface area (Å²) in [4.78, 5) is 0.379. The van der Waals surface area contributed by atoms with Crippen LogP contribution in [0.4, 0.5) is 0 Å². The lowest BCUT2D eigenvalue weighted by molar-refractivity contribution is 0.297. The predicted octanol–water partition coefficient (Wildman–Crippen LogP) is 6.02. The molecule has 0 N–H and O–H groups in total. The minimum Gasteiger partial charge on any atom is -0.490 e. The van der Waals surface area contributed by atoms with Gasteiger partial charge in [-0.3, -0.25) is 0 Å². The molecule has 0 amide bonds. The fourth-order valence-electron chi connectivity index (χ4n) is 3.28. The number of ether oxygens (including phenoxy) is 2. The van der Waals surface area contributed by atoms with E-state index in [1.54, 1.807) is 0 Å². The molecule has 3 rings (SSSR count). The monoisotopic (exact) mass is 416 g/mol. The maximum atomic E-state index is 5.81. The molecule has 4 heteroatoms. The van der Waals surface area contributed by atoms with Crippen LogP contribution in [0.2, 0.25) is 0 Å². The van der Waals surface area contributed by atoms with Crippen LogP contribution in [0.3, 0.4) is 0 Å². The van der Waals surface area contributed by atoms with Gasteiger partial charge in [0.2, 0.25) is 0 Å². The zero-order chi connectivity index (χ0) is 14.7. The van der Waals surface area contributed by atoms with Crippen molar-refractivity contribution in [2.45, 2.75) is 49.8 Å². The molecule has 2 nitrogen and oxygen atoms in total. The van der Waals surface area contributed by atoms with E-state index in [1.807, 2.05) is 0 Å². The number of fused-ring (bicyclic) bond motifs is 1. The van der Waals surface area contributed by atoms with Gasteiger partial charge in [0.25, 0.3) is 0 Å². The van der Waals surface area contributed by atoms with Crippen LogP contribution in [0.25, 0.3) is 0 Å². The van der Waals surface area contributed by atoms with Gasteiger partial charge in [0, 0.05) is 15.7 Å². The Balaban J connectivity index is 1.69. The summed E-state index contributed by atoms with van der Waals surface area (Å²) in [6, 6.07) is 4.19. The molecule has 1 aliphatic heterocycles. The summed E-state index contributed by atoms with van der Waals surface area (Å²) in [5.41, 5.74) is 1.28. The number of alkyl halides is 1. The first kappa shape index (κ1) is 15.7. The third kappa shape index (κ3) is 3.95. The highest BCUT2D eigenvalue weighted by Gasteiger charge is 2.21. The van der Waals surface area contributed by atoms with Crippen molar-refractivity contribution in [1.82, 2.24) is 0 Å². The molecule has 0 aromatic heterocycles. The van der Waals surface area contributed by atoms with Crippen molar-refractivity contribution in [3.05, 3.63) is 22.2 Å². The van der Waals surface area contributed by atoms with E-state index in [0.717, 1.165) is 41.5 Å². The normalized spacial score (nSPS) is 20.3. The van der Waals surface area contributed by atoms with E-state index in [2.05, 4.69) is 44.0 Å². The zero-order valence-electron chi connectivity index (χ0n) is 12.2. The Kier molecular flexibility index (Phi) is 5.49. The van der Waals surface area contributed by atoms with Gasteiger partial charge in [0.1, 0.15) is 0 Å². The molecule has 0 radical (unpaired) electrons. The first-order chi connectivity index (χ1) is 10.2. The summed E-state index contributed by atoms with van der Waals surface area (Å²) < 4.78 is 12.7. The Morgan fingerprint density at radius 2 is 1.71 bits per heavy atom. The van der Waals surface area contributed by atoms with E-state index in [-0.39, 0.29) is 0 Å². The van der Waals surface area contributed by atoms with Gasteiger partial charge in [0.05, 0.1) is 13.2 Å². The molecule has 2 aliphatic rings. The molecule has 0 spiro atoms. The molecule has 1 aliphatic carbocycles. The number of benzene rings is 1. The number of halogens is 2. The Labute approximate surface area is 143 Å². The second kappa shape index (κ2) is 7.36. The Bertz CT molecular complexity index is 484. The quantitative estimate of drug-likeness (QED) is 0.557. The van der Waals surface area contributed by atoms with Gasteiger partial charge < -0.3 is 9.47 Å². The smallest absolute Gasteiger partial charge is 0.162 e. The highest BCUT2D eigenvalue weighted by Crippen LogP contribution is 2.42. The van der Waals surface area contributed by atoms with Gasteiger partial charge in [0.15, 0.2) is 11.5 Å². The van der Waals surface area contributed by atoms with Crippen molar-refractivity contribution in [2.24, 2.45) is 5.92 Å². The zero-order valence-corrected chi connectivity index (χ0v) is 15.4. The molecule has 21 heavy (non-hydrogen) atoms. The van der Waals surface area contributed by atoms with Crippen LogP contribution in [0.1, 0.15) is 55.3 Å². The number of hydrogen-bond acceptors (Lipinski definition) is 2. The van der Waals surface area contributed by atoms with Crippen LogP contribution < -0.4 is 9.47 Å². The molecular formula is C17H22Br2O2. The maximum absolute atomic E-state index is 5.81. The van der Waals surface area contributed by atoms with Crippen molar-refractivity contribution in [3.8, 4) is 11.5 Å². The highest BCUT2D eigenvalue weighted by atomic mass is 79.9. The summed E-state index contributed by atoms with van der Waals surface area (Å²) in [6.07, 6.45) is 9.13. The average Bonchev–Trinajstić information content (AvgIpc) is 2.89. The SMILES string of the molecule is Brc1cc2c(cc1C(Br)CCC1CCCC1)OCCCO2. The van der Waals surface area contributed by atoms with Gasteiger partial charge in [-0.1, -0.05) is 57.5 Å². The van der Waals surface area contributed by atoms with Crippen molar-refractivity contribution in [2.75, 3.05) is 13.2 Å². The molecule has 0 saturated heterocycles. The second-order valence-electron chi connectivity index (χ2n) is 6.07. The summed E-state index contributed by atoms with van der Waals surface area (Å²) in [5, 5.41) is 0. The van der Waals surface area contributed by atoms with Crippen LogP contribution in [0.5, 0.6) is 11.5 Å². The first-order valence-electron chi connectivity index (χ1n) is 7.97. The number of hydrogen-bond donors (Lipinski definition) is 0. The molecule has 1 saturated carbocycles. The molecule has 1 aromatic carbocycles. The predicted molar refractivity (Wildman–Crippen MR) is 92.6 cm³/mol. The Morgan fingerprint density at radius 3 is 2.43 bits per heavy atom. The fraction of sp³-hybridized carbons (Fsp3) is 0.647. The van der Waals surface area contributed by atoms with Gasteiger partial charge in [-0.25, -0.2) is 0 Å². The first-order valence-corrected chi connectivity index (χ1v) is 9.68. The Morgan fingerprint density at radius 1 is 1.05 bits per heavy atom. The maximum Gasteiger partial charge on any atom is 0.162 e. The third-order valence-corrected chi connectivity index (χ3v) is 6.15. The van der Waals surface area contributed by atoms with E-state index in [9.17, 15) is 0 Å². The van der Waals surface area contributed by atoms with Crippen LogP contribution in [0.15, 0.2) is 16.6 Å². The van der Waals surface area contributed by atoms with E-state index in [4.69, 9.17) is 9.47 Å². The molecule has 1 heterocycles. The summed E-state index contributed by atoms with van der Waals surface area (Å²) in [6.45, 7) is 1.47. The van der Waals surface area contributed by atoms with Crippen LogP contribution in [-0.2, 0) is 0 Å². The van der Waals surface area contributed by atoms with E-state index < -0.39 is 0 Å². The van der Waals surface area contributed by atoms with Crippen molar-refractivity contribution >= 4 is 31.9 Å². The highest BCUT2D eigenvalue weighted by molar-refractivity contribution is 9.11. The Hall–Kier alpha value is -0.220. The minimum atomic E-state index is 0.379. The molecule has 1 fully saturated rings. The topological polar surface area (TPSA) is 18.5 Å². The van der Waals surface area contributed by atoms with Crippen LogP contribution in [0, 0.1) is 5.92 Å². The lowest BCUT2D eigenvalue weighted by atomic mass is 9.98. The fourth-order valence-corrected chi connectivity index (χ4v) is 4.83. The minimum absolute atomic E-state index is 0.379. The van der Waals surface area contributed by atoms with Crippen LogP contribution >= 0.6 is 31.9 Å². The summed E-state index contributed by atoms with van der Waals surface area (Å²) >= 11 is 7.55. The molecule has 1 atom stereocenters. The molecule has 116 valence electrons. The molecular weight excluding hydrogens is 396 g/mol. The van der Waals surface area contributed by atoms with E-state index in [1.165, 1.54) is 44.1 Å². The van der Waals surface area contributed by atoms with Crippen molar-refractivity contribution < 1.29 is 9.47 Å². The van der Waals surface area contributed by atoms with E-state index in [0.29, 0.717) is 4.83 Å². The van der Waals surface area contributed by atoms with Crippen LogP contribution in [-0.4, -0.2) is 13.2 Å². The lowest BCUT2D eigenvalue weighted by Gasteiger charge is -2.17. The van der Waals surface area contributed by atoms with Gasteiger partial charge >= 0.3 is 0 Å². The van der Waals surface area contributed by atoms with Gasteiger partial charge in [-0.15, -0.1) is 0 Å². The lowest BCUT2D eigenvalue weighted by Crippen LogP contribution is -2.00. The molecule has 0 bridgehead atoms. The van der Waals surface area contributed by atoms with Crippen molar-refractivity contribution in [1.29, 1.82) is 0 Å². The standard InChI is InChI=1S/C17H22Br2O2/c18-14(7-6-12-4-1-2-5-12)13-10-16-17(11-15(13)19)21-9-3-8-20-16/h10-12,14H,1-9H2. The van der Waals surface area contributed by atoms with Gasteiger partial charge in [-0.05, 0) is 36.5 Å².